The molecule has 1 N–H and O–H groups in total. The van der Waals surface area contributed by atoms with E-state index in [0.29, 0.717) is 5.69 Å². The van der Waals surface area contributed by atoms with Gasteiger partial charge >= 0.3 is 5.97 Å². The smallest absolute Gasteiger partial charge is 0.307 e. The second-order valence-electron chi connectivity index (χ2n) is 3.82. The van der Waals surface area contributed by atoms with E-state index < -0.39 is 27.7 Å². The molecule has 0 aliphatic carbocycles. The van der Waals surface area contributed by atoms with Crippen LogP contribution in [0.2, 0.25) is 0 Å². The first-order chi connectivity index (χ1) is 7.84. The van der Waals surface area contributed by atoms with Gasteiger partial charge in [0.1, 0.15) is 0 Å². The van der Waals surface area contributed by atoms with Gasteiger partial charge in [-0.2, -0.15) is 0 Å². The summed E-state index contributed by atoms with van der Waals surface area (Å²) in [6.07, 6.45) is 0. The van der Waals surface area contributed by atoms with Crippen LogP contribution in [0.1, 0.15) is 6.92 Å². The molecule has 0 unspecified atom stereocenters. The molecule has 6 heteroatoms. The molecular formula is C11H15NO4S. The molecule has 0 aliphatic heterocycles. The van der Waals surface area contributed by atoms with E-state index >= 15 is 0 Å². The minimum atomic E-state index is -3.61. The van der Waals surface area contributed by atoms with Crippen molar-refractivity contribution in [2.24, 2.45) is 5.92 Å². The molecule has 0 aromatic heterocycles. The maximum absolute atomic E-state index is 11.9. The molecule has 0 aliphatic rings. The van der Waals surface area contributed by atoms with E-state index in [4.69, 9.17) is 5.11 Å². The lowest BCUT2D eigenvalue weighted by atomic mass is 10.2. The number of hydrogen-bond acceptors (Lipinski definition) is 3. The van der Waals surface area contributed by atoms with Crippen LogP contribution < -0.4 is 4.31 Å². The number of carboxylic acids is 1. The second-order valence-corrected chi connectivity index (χ2v) is 5.87. The molecule has 0 bridgehead atoms. The van der Waals surface area contributed by atoms with Crippen LogP contribution in [0.25, 0.3) is 0 Å². The highest BCUT2D eigenvalue weighted by atomic mass is 32.2. The predicted octanol–water partition coefficient (Wildman–Crippen LogP) is 1.17. The van der Waals surface area contributed by atoms with Crippen LogP contribution >= 0.6 is 0 Å². The number of hydrogen-bond donors (Lipinski definition) is 1. The third-order valence-corrected chi connectivity index (χ3v) is 4.39. The lowest BCUT2D eigenvalue weighted by molar-refractivity contribution is -0.140. The monoisotopic (exact) mass is 257 g/mol. The Balaban J connectivity index is 2.88. The second kappa shape index (κ2) is 5.18. The lowest BCUT2D eigenvalue weighted by Crippen LogP contribution is -2.33. The molecule has 0 saturated heterocycles. The first-order valence-corrected chi connectivity index (χ1v) is 6.70. The number of sulfonamides is 1. The summed E-state index contributed by atoms with van der Waals surface area (Å²) in [7, 11) is -2.19. The number of nitrogens with zero attached hydrogens (tertiary/aromatic N) is 1. The molecular weight excluding hydrogens is 242 g/mol. The summed E-state index contributed by atoms with van der Waals surface area (Å²) in [6.45, 7) is 1.37. The van der Waals surface area contributed by atoms with Crippen LogP contribution in [0, 0.1) is 5.92 Å². The molecule has 94 valence electrons. The van der Waals surface area contributed by atoms with Crippen LogP contribution in [0.4, 0.5) is 5.69 Å². The molecule has 1 aromatic rings. The van der Waals surface area contributed by atoms with E-state index in [-0.39, 0.29) is 0 Å². The number of anilines is 1. The van der Waals surface area contributed by atoms with Crippen molar-refractivity contribution in [2.75, 3.05) is 17.1 Å². The van der Waals surface area contributed by atoms with Gasteiger partial charge in [0.25, 0.3) is 0 Å². The van der Waals surface area contributed by atoms with Crippen molar-refractivity contribution in [3.05, 3.63) is 30.3 Å². The summed E-state index contributed by atoms with van der Waals surface area (Å²) in [6, 6.07) is 8.54. The molecule has 0 heterocycles. The SMILES string of the molecule is C[C@H](CS(=O)(=O)N(C)c1ccccc1)C(=O)O. The summed E-state index contributed by atoms with van der Waals surface area (Å²) in [5.74, 6) is -2.45. The molecule has 0 spiro atoms. The standard InChI is InChI=1S/C11H15NO4S/c1-9(11(13)14)8-17(15,16)12(2)10-6-4-3-5-7-10/h3-7,9H,8H2,1-2H3,(H,13,14)/t9-/m1/s1. The van der Waals surface area contributed by atoms with E-state index in [9.17, 15) is 13.2 Å². The van der Waals surface area contributed by atoms with Crippen molar-refractivity contribution in [1.29, 1.82) is 0 Å². The molecule has 0 radical (unpaired) electrons. The van der Waals surface area contributed by atoms with Crippen LogP contribution in [0.15, 0.2) is 30.3 Å². The summed E-state index contributed by atoms with van der Waals surface area (Å²) >= 11 is 0. The molecule has 1 rings (SSSR count). The Morgan fingerprint density at radius 1 is 1.35 bits per heavy atom. The van der Waals surface area contributed by atoms with Crippen LogP contribution in [-0.2, 0) is 14.8 Å². The number of para-hydroxylation sites is 1. The Morgan fingerprint density at radius 3 is 2.35 bits per heavy atom. The van der Waals surface area contributed by atoms with Gasteiger partial charge in [0, 0.05) is 7.05 Å². The Kier molecular flexibility index (Phi) is 4.11. The van der Waals surface area contributed by atoms with Crippen LogP contribution in [0.3, 0.4) is 0 Å². The van der Waals surface area contributed by atoms with Crippen LogP contribution in [0.5, 0.6) is 0 Å². The fourth-order valence-corrected chi connectivity index (χ4v) is 2.74. The summed E-state index contributed by atoms with van der Waals surface area (Å²) in [5, 5.41) is 8.71. The van der Waals surface area contributed by atoms with E-state index in [1.165, 1.54) is 14.0 Å². The van der Waals surface area contributed by atoms with Gasteiger partial charge in [0.05, 0.1) is 17.4 Å². The maximum atomic E-state index is 11.9. The Labute approximate surface area is 101 Å². The third-order valence-electron chi connectivity index (χ3n) is 2.42. The van der Waals surface area contributed by atoms with E-state index in [1.807, 2.05) is 0 Å². The Morgan fingerprint density at radius 2 is 1.88 bits per heavy atom. The molecule has 1 aromatic carbocycles. The van der Waals surface area contributed by atoms with Crippen molar-refractivity contribution in [3.8, 4) is 0 Å². The van der Waals surface area contributed by atoms with Crippen molar-refractivity contribution in [2.45, 2.75) is 6.92 Å². The topological polar surface area (TPSA) is 74.7 Å². The van der Waals surface area contributed by atoms with E-state index in [2.05, 4.69) is 0 Å². The number of benzene rings is 1. The first-order valence-electron chi connectivity index (χ1n) is 5.09. The van der Waals surface area contributed by atoms with Gasteiger partial charge in [0.15, 0.2) is 0 Å². The molecule has 0 saturated carbocycles. The number of aliphatic carboxylic acids is 1. The van der Waals surface area contributed by atoms with E-state index in [0.717, 1.165) is 4.31 Å². The van der Waals surface area contributed by atoms with Crippen molar-refractivity contribution >= 4 is 21.7 Å². The molecule has 5 nitrogen and oxygen atoms in total. The van der Waals surface area contributed by atoms with Gasteiger partial charge in [-0.15, -0.1) is 0 Å². The highest BCUT2D eigenvalue weighted by molar-refractivity contribution is 7.92. The number of carbonyl (C=O) groups is 1. The summed E-state index contributed by atoms with van der Waals surface area (Å²) < 4.78 is 24.9. The Hall–Kier alpha value is -1.56. The molecule has 17 heavy (non-hydrogen) atoms. The quantitative estimate of drug-likeness (QED) is 0.859. The average molecular weight is 257 g/mol. The van der Waals surface area contributed by atoms with Gasteiger partial charge < -0.3 is 5.11 Å². The fourth-order valence-electron chi connectivity index (χ4n) is 1.30. The van der Waals surface area contributed by atoms with Gasteiger partial charge in [-0.05, 0) is 12.1 Å². The average Bonchev–Trinajstić information content (AvgIpc) is 2.28. The Bertz CT molecular complexity index is 483. The van der Waals surface area contributed by atoms with E-state index in [1.54, 1.807) is 30.3 Å². The van der Waals surface area contributed by atoms with Gasteiger partial charge in [0.2, 0.25) is 10.0 Å². The molecule has 0 amide bonds. The highest BCUT2D eigenvalue weighted by Gasteiger charge is 2.25. The molecule has 0 fully saturated rings. The third kappa shape index (κ3) is 3.45. The first kappa shape index (κ1) is 13.5. The number of rotatable bonds is 5. The van der Waals surface area contributed by atoms with Gasteiger partial charge in [-0.1, -0.05) is 25.1 Å². The van der Waals surface area contributed by atoms with Crippen molar-refractivity contribution in [3.63, 3.8) is 0 Å². The molecule has 1 atom stereocenters. The minimum Gasteiger partial charge on any atom is -0.481 e. The fraction of sp³-hybridized carbons (Fsp3) is 0.364. The predicted molar refractivity (Wildman–Crippen MR) is 65.4 cm³/mol. The zero-order chi connectivity index (χ0) is 13.1. The normalized spacial score (nSPS) is 13.1. The van der Waals surface area contributed by atoms with Gasteiger partial charge in [-0.3, -0.25) is 9.10 Å². The van der Waals surface area contributed by atoms with Crippen molar-refractivity contribution in [1.82, 2.24) is 0 Å². The zero-order valence-corrected chi connectivity index (χ0v) is 10.5. The zero-order valence-electron chi connectivity index (χ0n) is 9.70. The minimum absolute atomic E-state index is 0.409. The van der Waals surface area contributed by atoms with Crippen molar-refractivity contribution < 1.29 is 18.3 Å². The van der Waals surface area contributed by atoms with Gasteiger partial charge in [-0.25, -0.2) is 8.42 Å². The highest BCUT2D eigenvalue weighted by Crippen LogP contribution is 2.17. The summed E-state index contributed by atoms with van der Waals surface area (Å²) in [4.78, 5) is 10.7. The maximum Gasteiger partial charge on any atom is 0.307 e. The largest absolute Gasteiger partial charge is 0.481 e. The lowest BCUT2D eigenvalue weighted by Gasteiger charge is -2.20. The number of carboxylic acid groups (broad SMARTS) is 1. The summed E-state index contributed by atoms with van der Waals surface area (Å²) in [5.41, 5.74) is 0.519. The van der Waals surface area contributed by atoms with Crippen LogP contribution in [-0.4, -0.2) is 32.3 Å².